The van der Waals surface area contributed by atoms with Gasteiger partial charge >= 0.3 is 0 Å². The van der Waals surface area contributed by atoms with Crippen LogP contribution in [0.25, 0.3) is 10.2 Å². The minimum absolute atomic E-state index is 0.00891. The summed E-state index contributed by atoms with van der Waals surface area (Å²) in [4.78, 5) is 26.2. The smallest absolute Gasteiger partial charge is 0.240 e. The third kappa shape index (κ3) is 7.69. The number of thiazole rings is 1. The quantitative estimate of drug-likeness (QED) is 0.565. The van der Waals surface area contributed by atoms with Crippen LogP contribution in [-0.4, -0.2) is 28.9 Å². The van der Waals surface area contributed by atoms with E-state index in [4.69, 9.17) is 5.73 Å². The van der Waals surface area contributed by atoms with Gasteiger partial charge in [-0.3, -0.25) is 9.59 Å². The maximum atomic E-state index is 12.0. The number of aryl methyl sites for hydroxylation is 1. The van der Waals surface area contributed by atoms with Gasteiger partial charge in [-0.05, 0) is 49.3 Å². The molecule has 1 fully saturated rings. The van der Waals surface area contributed by atoms with Crippen molar-refractivity contribution in [1.29, 1.82) is 0 Å². The molecule has 0 atom stereocenters. The molecule has 3 rings (SSSR count). The van der Waals surface area contributed by atoms with Crippen LogP contribution in [0.3, 0.4) is 0 Å². The van der Waals surface area contributed by atoms with Gasteiger partial charge in [0.25, 0.3) is 0 Å². The Hall–Kier alpha value is -1.99. The molecule has 30 heavy (non-hydrogen) atoms. The number of hydrogen-bond donors (Lipinski definition) is 3. The van der Waals surface area contributed by atoms with Crippen molar-refractivity contribution in [2.45, 2.75) is 84.6 Å². The highest BCUT2D eigenvalue weighted by atomic mass is 32.1. The van der Waals surface area contributed by atoms with Crippen LogP contribution in [0.5, 0.6) is 0 Å². The van der Waals surface area contributed by atoms with Crippen LogP contribution in [0.4, 0.5) is 0 Å². The van der Waals surface area contributed by atoms with Crippen LogP contribution in [-0.2, 0) is 16.0 Å². The largest absolute Gasteiger partial charge is 0.370 e. The molecule has 2 amide bonds. The Kier molecular flexibility index (Phi) is 11.0. The van der Waals surface area contributed by atoms with Gasteiger partial charge < -0.3 is 16.8 Å². The first-order chi connectivity index (χ1) is 14.2. The predicted octanol–water partition coefficient (Wildman–Crippen LogP) is 4.26. The first kappa shape index (κ1) is 26.0. The van der Waals surface area contributed by atoms with Gasteiger partial charge in [-0.25, -0.2) is 4.98 Å². The van der Waals surface area contributed by atoms with Gasteiger partial charge in [0.1, 0.15) is 0 Å². The molecule has 168 valence electrons. The number of hydrogen-bond acceptors (Lipinski definition) is 5. The van der Waals surface area contributed by atoms with Crippen molar-refractivity contribution in [3.05, 3.63) is 28.8 Å². The molecule has 0 bridgehead atoms. The Bertz CT molecular complexity index is 813. The fraction of sp³-hybridized carbons (Fsp3) is 0.609. The molecular formula is C23H38N4O2S. The average Bonchev–Trinajstić information content (AvgIpc) is 3.13. The summed E-state index contributed by atoms with van der Waals surface area (Å²) in [5.74, 6) is 0.301. The molecule has 2 aromatic rings. The fourth-order valence-corrected chi connectivity index (χ4v) is 3.91. The highest BCUT2D eigenvalue weighted by Gasteiger charge is 2.39. The molecule has 1 aromatic heterocycles. The Morgan fingerprint density at radius 3 is 2.40 bits per heavy atom. The maximum absolute atomic E-state index is 12.0. The lowest BCUT2D eigenvalue weighted by Gasteiger charge is -2.36. The van der Waals surface area contributed by atoms with Gasteiger partial charge in [-0.15, -0.1) is 11.3 Å². The summed E-state index contributed by atoms with van der Waals surface area (Å²) < 4.78 is 1.26. The molecule has 0 aliphatic heterocycles. The van der Waals surface area contributed by atoms with Crippen molar-refractivity contribution in [3.8, 4) is 0 Å². The molecule has 1 heterocycles. The van der Waals surface area contributed by atoms with Gasteiger partial charge in [0.05, 0.1) is 20.8 Å². The Labute approximate surface area is 184 Å². The van der Waals surface area contributed by atoms with Crippen LogP contribution >= 0.6 is 11.3 Å². The lowest BCUT2D eigenvalue weighted by Crippen LogP contribution is -2.58. The van der Waals surface area contributed by atoms with Crippen LogP contribution < -0.4 is 16.8 Å². The zero-order valence-corrected chi connectivity index (χ0v) is 19.9. The molecule has 1 aliphatic rings. The summed E-state index contributed by atoms with van der Waals surface area (Å²) >= 11 is 1.76. The normalized spacial score (nSPS) is 14.1. The zero-order valence-electron chi connectivity index (χ0n) is 19.1. The highest BCUT2D eigenvalue weighted by molar-refractivity contribution is 7.18. The lowest BCUT2D eigenvalue weighted by molar-refractivity contribution is -0.129. The van der Waals surface area contributed by atoms with E-state index in [1.165, 1.54) is 10.3 Å². The van der Waals surface area contributed by atoms with Crippen molar-refractivity contribution in [2.24, 2.45) is 11.5 Å². The van der Waals surface area contributed by atoms with Crippen molar-refractivity contribution >= 4 is 33.4 Å². The van der Waals surface area contributed by atoms with Crippen LogP contribution in [0.1, 0.15) is 83.2 Å². The summed E-state index contributed by atoms with van der Waals surface area (Å²) in [5, 5.41) is 4.11. The van der Waals surface area contributed by atoms with E-state index in [2.05, 4.69) is 48.1 Å². The standard InChI is InChI=1S/C18H25N3OS.C3H7NO.C2H6/c1-12(2)13-6-7-14-15(11-13)23-16(21-14)5-3-10-20-17(22)18(19)8-4-9-18;1-2-3(4)5;1-2/h6-7,11-12H,3-5,8-10,19H2,1-2H3,(H,20,22);2H2,1H3,(H2,4,5);1-2H3. The van der Waals surface area contributed by atoms with E-state index in [0.717, 1.165) is 42.6 Å². The molecule has 7 heteroatoms. The second-order valence-corrected chi connectivity index (χ2v) is 8.79. The number of nitrogens with zero attached hydrogens (tertiary/aromatic N) is 1. The predicted molar refractivity (Wildman–Crippen MR) is 127 cm³/mol. The molecule has 0 radical (unpaired) electrons. The second kappa shape index (κ2) is 12.6. The number of primary amides is 1. The SMILES string of the molecule is CC.CC(C)c1ccc2nc(CCCNC(=O)C3(N)CCC3)sc2c1.CCC(N)=O. The van der Waals surface area contributed by atoms with Gasteiger partial charge in [0, 0.05) is 19.4 Å². The molecule has 1 aliphatic carbocycles. The minimum atomic E-state index is -0.594. The van der Waals surface area contributed by atoms with Gasteiger partial charge in [0.15, 0.2) is 0 Å². The number of carbonyl (C=O) groups is 2. The third-order valence-electron chi connectivity index (χ3n) is 5.02. The molecule has 0 saturated heterocycles. The molecule has 6 nitrogen and oxygen atoms in total. The van der Waals surface area contributed by atoms with E-state index < -0.39 is 5.54 Å². The second-order valence-electron chi connectivity index (χ2n) is 7.68. The number of carbonyl (C=O) groups excluding carboxylic acids is 2. The van der Waals surface area contributed by atoms with Crippen LogP contribution in [0, 0.1) is 0 Å². The maximum Gasteiger partial charge on any atom is 0.240 e. The van der Waals surface area contributed by atoms with Gasteiger partial charge in [-0.2, -0.15) is 0 Å². The topological polar surface area (TPSA) is 111 Å². The Balaban J connectivity index is 0.000000565. The number of nitrogens with two attached hydrogens (primary N) is 2. The Morgan fingerprint density at radius 1 is 1.27 bits per heavy atom. The van der Waals surface area contributed by atoms with Crippen molar-refractivity contribution < 1.29 is 9.59 Å². The first-order valence-corrected chi connectivity index (χ1v) is 11.8. The minimum Gasteiger partial charge on any atom is -0.370 e. The number of amides is 2. The number of benzene rings is 1. The van der Waals surface area contributed by atoms with E-state index in [1.807, 2.05) is 13.8 Å². The molecule has 5 N–H and O–H groups in total. The summed E-state index contributed by atoms with van der Waals surface area (Å²) in [5.41, 5.74) is 12.5. The van der Waals surface area contributed by atoms with E-state index in [-0.39, 0.29) is 11.8 Å². The first-order valence-electron chi connectivity index (χ1n) is 11.0. The number of rotatable bonds is 7. The summed E-state index contributed by atoms with van der Waals surface area (Å²) in [6.07, 6.45) is 4.94. The van der Waals surface area contributed by atoms with Crippen molar-refractivity contribution in [2.75, 3.05) is 6.54 Å². The fourth-order valence-electron chi connectivity index (χ4n) is 2.86. The molecule has 0 spiro atoms. The Morgan fingerprint density at radius 2 is 1.90 bits per heavy atom. The molecule has 0 unspecified atom stereocenters. The summed E-state index contributed by atoms with van der Waals surface area (Å²) in [6.45, 7) is 10.8. The van der Waals surface area contributed by atoms with E-state index in [0.29, 0.717) is 18.9 Å². The van der Waals surface area contributed by atoms with Crippen molar-refractivity contribution in [1.82, 2.24) is 10.3 Å². The van der Waals surface area contributed by atoms with E-state index in [1.54, 1.807) is 18.3 Å². The lowest BCUT2D eigenvalue weighted by atomic mass is 9.77. The zero-order chi connectivity index (χ0) is 22.7. The highest BCUT2D eigenvalue weighted by Crippen LogP contribution is 2.29. The summed E-state index contributed by atoms with van der Waals surface area (Å²) in [7, 11) is 0. The van der Waals surface area contributed by atoms with Gasteiger partial charge in [0.2, 0.25) is 11.8 Å². The third-order valence-corrected chi connectivity index (χ3v) is 6.10. The average molecular weight is 435 g/mol. The molecule has 1 saturated carbocycles. The van der Waals surface area contributed by atoms with Crippen LogP contribution in [0.2, 0.25) is 0 Å². The number of nitrogens with one attached hydrogen (secondary N) is 1. The van der Waals surface area contributed by atoms with E-state index in [9.17, 15) is 9.59 Å². The van der Waals surface area contributed by atoms with E-state index >= 15 is 0 Å². The van der Waals surface area contributed by atoms with Crippen LogP contribution in [0.15, 0.2) is 18.2 Å². The monoisotopic (exact) mass is 434 g/mol. The van der Waals surface area contributed by atoms with Gasteiger partial charge in [-0.1, -0.05) is 40.7 Å². The summed E-state index contributed by atoms with van der Waals surface area (Å²) in [6, 6.07) is 6.52. The molecular weight excluding hydrogens is 396 g/mol. The number of fused-ring (bicyclic) bond motifs is 1. The van der Waals surface area contributed by atoms with Crippen molar-refractivity contribution in [3.63, 3.8) is 0 Å². The molecule has 1 aromatic carbocycles. The number of aromatic nitrogens is 1.